The molecule has 1 saturated heterocycles. The van der Waals surface area contributed by atoms with E-state index in [0.717, 1.165) is 43.2 Å². The lowest BCUT2D eigenvalue weighted by Crippen LogP contribution is -2.51. The number of hydrogen-bond donors (Lipinski definition) is 4. The summed E-state index contributed by atoms with van der Waals surface area (Å²) < 4.78 is 5.38. The first-order valence-corrected chi connectivity index (χ1v) is 14.7. The highest BCUT2D eigenvalue weighted by Gasteiger charge is 2.35. The molecule has 9 heteroatoms. The van der Waals surface area contributed by atoms with Crippen LogP contribution in [0.3, 0.4) is 0 Å². The molecule has 2 aliphatic rings. The zero-order valence-corrected chi connectivity index (χ0v) is 23.6. The first-order valence-electron chi connectivity index (χ1n) is 14.3. The van der Waals surface area contributed by atoms with Gasteiger partial charge in [0.1, 0.15) is 12.6 Å². The number of ether oxygens (including phenoxy) is 1. The predicted molar refractivity (Wildman–Crippen MR) is 154 cm³/mol. The molecule has 1 heterocycles. The number of nitrogens with one attached hydrogen (secondary N) is 3. The molecule has 0 spiro atoms. The lowest BCUT2D eigenvalue weighted by atomic mass is 9.84. The van der Waals surface area contributed by atoms with Crippen molar-refractivity contribution in [1.29, 1.82) is 0 Å². The van der Waals surface area contributed by atoms with Crippen LogP contribution in [0.2, 0.25) is 5.02 Å². The van der Waals surface area contributed by atoms with Crippen molar-refractivity contribution in [3.05, 3.63) is 70.7 Å². The molecule has 4 unspecified atom stereocenters. The second kappa shape index (κ2) is 15.1. The molecule has 0 radical (unpaired) electrons. The standard InChI is InChI=1S/C31H40ClN3O5/c32-25-13-7-12-23(14-25)20-40-31(39)35-28(16-22-10-5-2-6-11-22)30(38)34-27(19-36)18-24-17-26(33-29(24)37)15-21-8-3-1-4-9-21/h1,3-4,7-9,12-14,22,24,26-28,36H,2,5-6,10-11,15-20H2,(H,33,37)(H,34,38)(H,35,39). The van der Waals surface area contributed by atoms with E-state index in [-0.39, 0.29) is 37.0 Å². The molecule has 2 aromatic rings. The van der Waals surface area contributed by atoms with Crippen molar-refractivity contribution < 1.29 is 24.2 Å². The molecule has 40 heavy (non-hydrogen) atoms. The minimum Gasteiger partial charge on any atom is -0.445 e. The van der Waals surface area contributed by atoms with Crippen LogP contribution in [-0.2, 0) is 27.4 Å². The molecular weight excluding hydrogens is 530 g/mol. The quantitative estimate of drug-likeness (QED) is 0.300. The maximum absolute atomic E-state index is 13.4. The number of benzene rings is 2. The van der Waals surface area contributed by atoms with Crippen molar-refractivity contribution in [2.45, 2.75) is 82.5 Å². The molecule has 0 aromatic heterocycles. The van der Waals surface area contributed by atoms with Crippen LogP contribution < -0.4 is 16.0 Å². The third-order valence-corrected chi connectivity index (χ3v) is 8.14. The summed E-state index contributed by atoms with van der Waals surface area (Å²) in [6, 6.07) is 15.7. The van der Waals surface area contributed by atoms with Crippen LogP contribution >= 0.6 is 11.6 Å². The van der Waals surface area contributed by atoms with Crippen LogP contribution in [0.4, 0.5) is 4.79 Å². The molecule has 2 fully saturated rings. The van der Waals surface area contributed by atoms with E-state index in [2.05, 4.69) is 16.0 Å². The highest BCUT2D eigenvalue weighted by Crippen LogP contribution is 2.28. The topological polar surface area (TPSA) is 117 Å². The Morgan fingerprint density at radius 3 is 2.48 bits per heavy atom. The predicted octanol–water partition coefficient (Wildman–Crippen LogP) is 4.52. The molecule has 216 valence electrons. The van der Waals surface area contributed by atoms with Gasteiger partial charge in [-0.3, -0.25) is 9.59 Å². The van der Waals surface area contributed by atoms with Crippen LogP contribution in [0.5, 0.6) is 0 Å². The van der Waals surface area contributed by atoms with Gasteiger partial charge in [-0.1, -0.05) is 86.2 Å². The second-order valence-electron chi connectivity index (χ2n) is 11.1. The number of halogens is 1. The molecule has 4 N–H and O–H groups in total. The van der Waals surface area contributed by atoms with E-state index in [0.29, 0.717) is 30.2 Å². The molecule has 1 saturated carbocycles. The Bertz CT molecular complexity index is 1120. The van der Waals surface area contributed by atoms with Gasteiger partial charge in [0.2, 0.25) is 11.8 Å². The smallest absolute Gasteiger partial charge is 0.408 e. The molecular formula is C31H40ClN3O5. The van der Waals surface area contributed by atoms with Gasteiger partial charge in [0.05, 0.1) is 12.6 Å². The summed E-state index contributed by atoms with van der Waals surface area (Å²) in [5.41, 5.74) is 1.90. The number of carbonyl (C=O) groups is 3. The van der Waals surface area contributed by atoms with E-state index in [1.54, 1.807) is 24.3 Å². The number of aliphatic hydroxyl groups is 1. The fraction of sp³-hybridized carbons (Fsp3) is 0.516. The number of hydrogen-bond acceptors (Lipinski definition) is 5. The molecule has 1 aliphatic heterocycles. The Labute approximate surface area is 241 Å². The van der Waals surface area contributed by atoms with Crippen LogP contribution in [0.15, 0.2) is 54.6 Å². The maximum Gasteiger partial charge on any atom is 0.408 e. The summed E-state index contributed by atoms with van der Waals surface area (Å²) in [5.74, 6) is -0.415. The van der Waals surface area contributed by atoms with Crippen molar-refractivity contribution in [3.8, 4) is 0 Å². The summed E-state index contributed by atoms with van der Waals surface area (Å²) in [6.45, 7) is -0.265. The summed E-state index contributed by atoms with van der Waals surface area (Å²) in [4.78, 5) is 38.7. The van der Waals surface area contributed by atoms with Gasteiger partial charge >= 0.3 is 6.09 Å². The van der Waals surface area contributed by atoms with Gasteiger partial charge < -0.3 is 25.8 Å². The third kappa shape index (κ3) is 9.24. The average Bonchev–Trinajstić information content (AvgIpc) is 3.30. The SMILES string of the molecule is O=C(NC(CC1CCCCC1)C(=O)NC(CO)CC1CC(Cc2ccccc2)NC1=O)OCc1cccc(Cl)c1. The minimum absolute atomic E-state index is 0.0185. The van der Waals surface area contributed by atoms with Gasteiger partial charge in [-0.2, -0.15) is 0 Å². The van der Waals surface area contributed by atoms with Crippen LogP contribution in [0, 0.1) is 11.8 Å². The fourth-order valence-electron chi connectivity index (χ4n) is 5.84. The lowest BCUT2D eigenvalue weighted by molar-refractivity contribution is -0.126. The van der Waals surface area contributed by atoms with Gasteiger partial charge in [-0.05, 0) is 54.9 Å². The number of alkyl carbamates (subject to hydrolysis) is 1. The van der Waals surface area contributed by atoms with E-state index in [9.17, 15) is 19.5 Å². The van der Waals surface area contributed by atoms with Crippen LogP contribution in [0.25, 0.3) is 0 Å². The normalized spacial score (nSPS) is 20.8. The van der Waals surface area contributed by atoms with Crippen molar-refractivity contribution in [1.82, 2.24) is 16.0 Å². The molecule has 1 aliphatic carbocycles. The largest absolute Gasteiger partial charge is 0.445 e. The van der Waals surface area contributed by atoms with Gasteiger partial charge in [-0.15, -0.1) is 0 Å². The summed E-state index contributed by atoms with van der Waals surface area (Å²) in [7, 11) is 0. The van der Waals surface area contributed by atoms with E-state index >= 15 is 0 Å². The second-order valence-corrected chi connectivity index (χ2v) is 11.5. The average molecular weight is 570 g/mol. The number of rotatable bonds is 12. The highest BCUT2D eigenvalue weighted by atomic mass is 35.5. The highest BCUT2D eigenvalue weighted by molar-refractivity contribution is 6.30. The molecule has 4 rings (SSSR count). The number of carbonyl (C=O) groups excluding carboxylic acids is 3. The maximum atomic E-state index is 13.4. The Morgan fingerprint density at radius 1 is 1.00 bits per heavy atom. The lowest BCUT2D eigenvalue weighted by Gasteiger charge is -2.28. The van der Waals surface area contributed by atoms with Gasteiger partial charge in [0, 0.05) is 17.0 Å². The minimum atomic E-state index is -0.799. The number of amides is 3. The van der Waals surface area contributed by atoms with Crippen molar-refractivity contribution in [2.24, 2.45) is 11.8 Å². The van der Waals surface area contributed by atoms with E-state index in [1.807, 2.05) is 30.3 Å². The van der Waals surface area contributed by atoms with E-state index in [1.165, 1.54) is 6.42 Å². The number of aliphatic hydroxyl groups excluding tert-OH is 1. The van der Waals surface area contributed by atoms with Crippen LogP contribution in [0.1, 0.15) is 62.5 Å². The third-order valence-electron chi connectivity index (χ3n) is 7.91. The van der Waals surface area contributed by atoms with E-state index in [4.69, 9.17) is 16.3 Å². The Balaban J connectivity index is 1.33. The van der Waals surface area contributed by atoms with Gasteiger partial charge in [0.15, 0.2) is 0 Å². The van der Waals surface area contributed by atoms with Crippen LogP contribution in [-0.4, -0.2) is 47.7 Å². The molecule has 8 nitrogen and oxygen atoms in total. The molecule has 4 atom stereocenters. The zero-order chi connectivity index (χ0) is 28.3. The Hall–Kier alpha value is -3.10. The molecule has 2 aromatic carbocycles. The zero-order valence-electron chi connectivity index (χ0n) is 22.8. The molecule has 3 amide bonds. The molecule has 0 bridgehead atoms. The fourth-order valence-corrected chi connectivity index (χ4v) is 6.05. The van der Waals surface area contributed by atoms with Crippen molar-refractivity contribution in [3.63, 3.8) is 0 Å². The van der Waals surface area contributed by atoms with Crippen molar-refractivity contribution in [2.75, 3.05) is 6.61 Å². The first-order chi connectivity index (χ1) is 19.4. The summed E-state index contributed by atoms with van der Waals surface area (Å²) in [5, 5.41) is 19.3. The van der Waals surface area contributed by atoms with Crippen molar-refractivity contribution >= 4 is 29.5 Å². The first kappa shape index (κ1) is 29.9. The van der Waals surface area contributed by atoms with E-state index < -0.39 is 18.2 Å². The Kier molecular flexibility index (Phi) is 11.2. The Morgan fingerprint density at radius 2 is 1.75 bits per heavy atom. The van der Waals surface area contributed by atoms with Gasteiger partial charge in [0.25, 0.3) is 0 Å². The summed E-state index contributed by atoms with van der Waals surface area (Å²) >= 11 is 6.02. The monoisotopic (exact) mass is 569 g/mol. The summed E-state index contributed by atoms with van der Waals surface area (Å²) in [6.07, 6.45) is 6.95. The van der Waals surface area contributed by atoms with Gasteiger partial charge in [-0.25, -0.2) is 4.79 Å².